The van der Waals surface area contributed by atoms with Crippen molar-refractivity contribution in [2.24, 2.45) is 0 Å². The van der Waals surface area contributed by atoms with Gasteiger partial charge in [-0.25, -0.2) is 9.97 Å². The highest BCUT2D eigenvalue weighted by atomic mass is 19.4. The number of aryl methyl sites for hydroxylation is 1. The Bertz CT molecular complexity index is 1090. The minimum Gasteiger partial charge on any atom is -0.406 e. The SMILES string of the molecule is CC[C@H]1CN(c2ncc(C(=O)NCCO)nc2C)CCN1C1CCN(Cc2ccc(OC(F)(F)F)cc2)CC1. The Kier molecular flexibility index (Phi) is 9.62. The molecule has 2 aliphatic rings. The summed E-state index contributed by atoms with van der Waals surface area (Å²) in [4.78, 5) is 28.4. The quantitative estimate of drug-likeness (QED) is 0.493. The second-order valence-electron chi connectivity index (χ2n) is 10.1. The van der Waals surface area contributed by atoms with E-state index in [1.54, 1.807) is 12.1 Å². The average molecular weight is 551 g/mol. The summed E-state index contributed by atoms with van der Waals surface area (Å²) in [5.74, 6) is 0.255. The normalized spacial score (nSPS) is 19.7. The van der Waals surface area contributed by atoms with Gasteiger partial charge in [-0.05, 0) is 57.0 Å². The van der Waals surface area contributed by atoms with Crippen LogP contribution in [-0.4, -0.2) is 95.1 Å². The molecule has 2 N–H and O–H groups in total. The molecule has 2 aromatic rings. The largest absolute Gasteiger partial charge is 0.573 e. The van der Waals surface area contributed by atoms with Crippen LogP contribution in [0.2, 0.25) is 0 Å². The van der Waals surface area contributed by atoms with Gasteiger partial charge >= 0.3 is 6.36 Å². The molecule has 0 bridgehead atoms. The van der Waals surface area contributed by atoms with E-state index in [1.165, 1.54) is 18.3 Å². The van der Waals surface area contributed by atoms with E-state index in [1.807, 2.05) is 6.92 Å². The third kappa shape index (κ3) is 7.80. The predicted molar refractivity (Wildman–Crippen MR) is 141 cm³/mol. The van der Waals surface area contributed by atoms with Crippen LogP contribution in [0.15, 0.2) is 30.5 Å². The maximum atomic E-state index is 12.4. The number of nitrogens with zero attached hydrogens (tertiary/aromatic N) is 5. The van der Waals surface area contributed by atoms with Gasteiger partial charge in [0.25, 0.3) is 5.91 Å². The number of aliphatic hydroxyl groups excluding tert-OH is 1. The lowest BCUT2D eigenvalue weighted by Gasteiger charge is -2.47. The van der Waals surface area contributed by atoms with E-state index in [4.69, 9.17) is 5.11 Å². The van der Waals surface area contributed by atoms with Crippen LogP contribution in [0.1, 0.15) is 47.9 Å². The minimum absolute atomic E-state index is 0.129. The summed E-state index contributed by atoms with van der Waals surface area (Å²) in [5, 5.41) is 11.5. The molecule has 12 heteroatoms. The molecule has 4 rings (SSSR count). The number of likely N-dealkylation sites (tertiary alicyclic amines) is 1. The van der Waals surface area contributed by atoms with Crippen molar-refractivity contribution in [3.05, 3.63) is 47.4 Å². The predicted octanol–water partition coefficient (Wildman–Crippen LogP) is 2.97. The minimum atomic E-state index is -4.68. The van der Waals surface area contributed by atoms with Crippen LogP contribution in [0, 0.1) is 6.92 Å². The van der Waals surface area contributed by atoms with Gasteiger partial charge < -0.3 is 20.1 Å². The molecule has 3 heterocycles. The first-order valence-corrected chi connectivity index (χ1v) is 13.5. The zero-order valence-corrected chi connectivity index (χ0v) is 22.5. The Balaban J connectivity index is 1.29. The Morgan fingerprint density at radius 1 is 1.15 bits per heavy atom. The van der Waals surface area contributed by atoms with Crippen molar-refractivity contribution in [3.8, 4) is 5.75 Å². The van der Waals surface area contributed by atoms with Crippen molar-refractivity contribution in [3.63, 3.8) is 0 Å². The molecule has 2 fully saturated rings. The number of alkyl halides is 3. The van der Waals surface area contributed by atoms with Gasteiger partial charge in [0.1, 0.15) is 17.3 Å². The second kappa shape index (κ2) is 12.9. The third-order valence-corrected chi connectivity index (χ3v) is 7.44. The first-order chi connectivity index (χ1) is 18.7. The number of carbonyl (C=O) groups excluding carboxylic acids is 1. The van der Waals surface area contributed by atoms with E-state index in [2.05, 4.69) is 41.6 Å². The standard InChI is InChI=1S/C27H37F3N6O3/c1-3-21-18-35(25-19(2)33-24(16-32-25)26(38)31-10-15-37)13-14-36(21)22-8-11-34(12-9-22)17-20-4-6-23(7-5-20)39-27(28,29)30/h4-7,16,21-22,37H,3,8-15,17-18H2,1-2H3,(H,31,38)/t21-/m0/s1. The zero-order chi connectivity index (χ0) is 28.0. The summed E-state index contributed by atoms with van der Waals surface area (Å²) in [5.41, 5.74) is 1.92. The van der Waals surface area contributed by atoms with Crippen molar-refractivity contribution in [1.82, 2.24) is 25.1 Å². The number of ether oxygens (including phenoxy) is 1. The summed E-state index contributed by atoms with van der Waals surface area (Å²) in [7, 11) is 0. The van der Waals surface area contributed by atoms with Gasteiger partial charge in [-0.15, -0.1) is 13.2 Å². The molecular formula is C27H37F3N6O3. The summed E-state index contributed by atoms with van der Waals surface area (Å²) in [6.07, 6.45) is -0.0855. The van der Waals surface area contributed by atoms with Crippen LogP contribution < -0.4 is 15.0 Å². The number of hydrogen-bond donors (Lipinski definition) is 2. The van der Waals surface area contributed by atoms with Crippen molar-refractivity contribution >= 4 is 11.7 Å². The number of nitrogens with one attached hydrogen (secondary N) is 1. The first-order valence-electron chi connectivity index (χ1n) is 13.5. The van der Waals surface area contributed by atoms with E-state index >= 15 is 0 Å². The van der Waals surface area contributed by atoms with Gasteiger partial charge in [-0.1, -0.05) is 19.1 Å². The summed E-state index contributed by atoms with van der Waals surface area (Å²) in [6.45, 7) is 9.28. The molecule has 214 valence electrons. The lowest BCUT2D eigenvalue weighted by molar-refractivity contribution is -0.274. The molecule has 1 amide bonds. The van der Waals surface area contributed by atoms with Crippen LogP contribution in [0.5, 0.6) is 5.75 Å². The molecule has 0 radical (unpaired) electrons. The number of piperazine rings is 1. The Morgan fingerprint density at radius 3 is 2.49 bits per heavy atom. The Labute approximate surface area is 227 Å². The van der Waals surface area contributed by atoms with Crippen molar-refractivity contribution < 1.29 is 27.8 Å². The molecule has 0 aliphatic carbocycles. The van der Waals surface area contributed by atoms with Gasteiger partial charge in [0, 0.05) is 44.8 Å². The highest BCUT2D eigenvalue weighted by molar-refractivity contribution is 5.92. The number of halogens is 3. The van der Waals surface area contributed by atoms with Crippen LogP contribution in [0.25, 0.3) is 0 Å². The van der Waals surface area contributed by atoms with E-state index in [0.29, 0.717) is 24.3 Å². The second-order valence-corrected chi connectivity index (χ2v) is 10.1. The van der Waals surface area contributed by atoms with Crippen molar-refractivity contribution in [2.75, 3.05) is 50.8 Å². The molecule has 1 aromatic carbocycles. The van der Waals surface area contributed by atoms with E-state index < -0.39 is 6.36 Å². The zero-order valence-electron chi connectivity index (χ0n) is 22.5. The summed E-state index contributed by atoms with van der Waals surface area (Å²) in [6, 6.07) is 6.99. The molecule has 2 saturated heterocycles. The molecule has 1 aromatic heterocycles. The molecule has 0 saturated carbocycles. The van der Waals surface area contributed by atoms with Crippen LogP contribution in [0.3, 0.4) is 0 Å². The third-order valence-electron chi connectivity index (χ3n) is 7.44. The van der Waals surface area contributed by atoms with Crippen LogP contribution in [-0.2, 0) is 6.54 Å². The van der Waals surface area contributed by atoms with Crippen molar-refractivity contribution in [1.29, 1.82) is 0 Å². The molecule has 0 spiro atoms. The highest BCUT2D eigenvalue weighted by Crippen LogP contribution is 2.28. The van der Waals surface area contributed by atoms with Gasteiger partial charge in [-0.3, -0.25) is 14.6 Å². The van der Waals surface area contributed by atoms with Gasteiger partial charge in [0.2, 0.25) is 0 Å². The lowest BCUT2D eigenvalue weighted by Crippen LogP contribution is -2.58. The number of rotatable bonds is 9. The molecule has 2 aliphatic heterocycles. The maximum absolute atomic E-state index is 12.4. The van der Waals surface area contributed by atoms with E-state index in [9.17, 15) is 18.0 Å². The smallest absolute Gasteiger partial charge is 0.406 e. The number of aromatic nitrogens is 2. The number of anilines is 1. The van der Waals surface area contributed by atoms with Gasteiger partial charge in [-0.2, -0.15) is 0 Å². The lowest BCUT2D eigenvalue weighted by atomic mass is 9.97. The van der Waals surface area contributed by atoms with Crippen molar-refractivity contribution in [2.45, 2.75) is 58.1 Å². The topological polar surface area (TPSA) is 94.1 Å². The molecule has 0 unspecified atom stereocenters. The Morgan fingerprint density at radius 2 is 1.87 bits per heavy atom. The summed E-state index contributed by atoms with van der Waals surface area (Å²) < 4.78 is 41.2. The monoisotopic (exact) mass is 550 g/mol. The number of aliphatic hydroxyl groups is 1. The maximum Gasteiger partial charge on any atom is 0.573 e. The van der Waals surface area contributed by atoms with E-state index in [-0.39, 0.29) is 30.5 Å². The van der Waals surface area contributed by atoms with Crippen LogP contribution in [0.4, 0.5) is 19.0 Å². The van der Waals surface area contributed by atoms with E-state index in [0.717, 1.165) is 63.4 Å². The molecule has 39 heavy (non-hydrogen) atoms. The number of piperidine rings is 1. The fourth-order valence-corrected chi connectivity index (χ4v) is 5.52. The fourth-order valence-electron chi connectivity index (χ4n) is 5.52. The number of amides is 1. The van der Waals surface area contributed by atoms with Gasteiger partial charge in [0.15, 0.2) is 0 Å². The van der Waals surface area contributed by atoms with Gasteiger partial charge in [0.05, 0.1) is 18.5 Å². The number of carbonyl (C=O) groups is 1. The average Bonchev–Trinajstić information content (AvgIpc) is 2.92. The van der Waals surface area contributed by atoms with Crippen LogP contribution >= 0.6 is 0 Å². The first kappa shape index (κ1) is 29.0. The Hall–Kier alpha value is -2.96. The molecular weight excluding hydrogens is 513 g/mol. The fraction of sp³-hybridized carbons (Fsp3) is 0.593. The summed E-state index contributed by atoms with van der Waals surface area (Å²) >= 11 is 0. The number of benzene rings is 1. The molecule has 1 atom stereocenters. The highest BCUT2D eigenvalue weighted by Gasteiger charge is 2.34. The molecule has 9 nitrogen and oxygen atoms in total. The number of hydrogen-bond acceptors (Lipinski definition) is 8.